The minimum absolute atomic E-state index is 0.0440. The van der Waals surface area contributed by atoms with Gasteiger partial charge >= 0.3 is 0 Å². The second-order valence-electron chi connectivity index (χ2n) is 7.72. The average molecular weight is 453 g/mol. The highest BCUT2D eigenvalue weighted by Crippen LogP contribution is 2.42. The molecule has 0 spiro atoms. The zero-order chi connectivity index (χ0) is 22.0. The van der Waals surface area contributed by atoms with Crippen molar-refractivity contribution in [3.8, 4) is 0 Å². The Hall–Kier alpha value is -2.77. The summed E-state index contributed by atoms with van der Waals surface area (Å²) < 4.78 is 28.0. The molecule has 7 heteroatoms. The second kappa shape index (κ2) is 8.77. The molecule has 1 heterocycles. The Bertz CT molecular complexity index is 1180. The molecule has 31 heavy (non-hydrogen) atoms. The number of sulfonamides is 1. The van der Waals surface area contributed by atoms with Crippen molar-refractivity contribution in [2.24, 2.45) is 0 Å². The Kier molecular flexibility index (Phi) is 6.07. The zero-order valence-electron chi connectivity index (χ0n) is 17.4. The molecule has 1 atom stereocenters. The summed E-state index contributed by atoms with van der Waals surface area (Å²) in [7, 11) is -3.68. The monoisotopic (exact) mass is 452 g/mol. The summed E-state index contributed by atoms with van der Waals surface area (Å²) in [6.45, 7) is 4.27. The van der Waals surface area contributed by atoms with Gasteiger partial charge < -0.3 is 0 Å². The smallest absolute Gasteiger partial charge is 0.261 e. The first-order valence-electron chi connectivity index (χ1n) is 10.1. The SMILES string of the molecule is CC(C)c1ccc(N2C(=O)CS[C@@H]2c2cccc(NS(=O)(=O)c3ccccc3)c2)cc1. The molecular formula is C24H24N2O3S2. The van der Waals surface area contributed by atoms with Gasteiger partial charge in [0, 0.05) is 11.4 Å². The van der Waals surface area contributed by atoms with Crippen LogP contribution in [0, 0.1) is 0 Å². The lowest BCUT2D eigenvalue weighted by Gasteiger charge is -2.25. The van der Waals surface area contributed by atoms with Gasteiger partial charge in [-0.3, -0.25) is 14.4 Å². The third-order valence-corrected chi connectivity index (χ3v) is 7.79. The van der Waals surface area contributed by atoms with Crippen LogP contribution in [-0.2, 0) is 14.8 Å². The third kappa shape index (κ3) is 4.62. The maximum atomic E-state index is 12.7. The number of carbonyl (C=O) groups is 1. The number of thioether (sulfide) groups is 1. The molecule has 0 saturated carbocycles. The van der Waals surface area contributed by atoms with Crippen LogP contribution in [0.15, 0.2) is 83.8 Å². The van der Waals surface area contributed by atoms with E-state index in [-0.39, 0.29) is 16.2 Å². The molecule has 0 aromatic heterocycles. The van der Waals surface area contributed by atoms with Crippen molar-refractivity contribution in [3.05, 3.63) is 90.0 Å². The topological polar surface area (TPSA) is 66.5 Å². The summed E-state index contributed by atoms with van der Waals surface area (Å²) in [5.74, 6) is 0.849. The Balaban J connectivity index is 1.61. The summed E-state index contributed by atoms with van der Waals surface area (Å²) in [4.78, 5) is 14.7. The number of rotatable bonds is 6. The van der Waals surface area contributed by atoms with E-state index in [0.29, 0.717) is 17.4 Å². The molecule has 1 saturated heterocycles. The third-order valence-electron chi connectivity index (χ3n) is 5.18. The fraction of sp³-hybridized carbons (Fsp3) is 0.208. The molecule has 0 aliphatic carbocycles. The van der Waals surface area contributed by atoms with Gasteiger partial charge in [-0.25, -0.2) is 8.42 Å². The molecule has 1 fully saturated rings. The Labute approximate surface area is 187 Å². The number of nitrogens with one attached hydrogen (secondary N) is 1. The quantitative estimate of drug-likeness (QED) is 0.545. The Morgan fingerprint density at radius 2 is 1.68 bits per heavy atom. The van der Waals surface area contributed by atoms with Crippen molar-refractivity contribution in [2.45, 2.75) is 30.0 Å². The molecule has 1 aliphatic rings. The molecule has 1 amide bonds. The molecule has 0 unspecified atom stereocenters. The van der Waals surface area contributed by atoms with E-state index in [2.05, 4.69) is 30.7 Å². The van der Waals surface area contributed by atoms with Gasteiger partial charge in [-0.1, -0.05) is 56.3 Å². The molecule has 160 valence electrons. The van der Waals surface area contributed by atoms with Crippen molar-refractivity contribution in [1.29, 1.82) is 0 Å². The van der Waals surface area contributed by atoms with Crippen LogP contribution in [0.4, 0.5) is 11.4 Å². The van der Waals surface area contributed by atoms with Crippen LogP contribution in [0.3, 0.4) is 0 Å². The van der Waals surface area contributed by atoms with Crippen LogP contribution in [0.25, 0.3) is 0 Å². The van der Waals surface area contributed by atoms with E-state index >= 15 is 0 Å². The maximum absolute atomic E-state index is 12.7. The first-order chi connectivity index (χ1) is 14.8. The molecule has 1 aliphatic heterocycles. The van der Waals surface area contributed by atoms with Gasteiger partial charge in [0.2, 0.25) is 5.91 Å². The predicted octanol–water partition coefficient (Wildman–Crippen LogP) is 5.39. The highest BCUT2D eigenvalue weighted by atomic mass is 32.2. The second-order valence-corrected chi connectivity index (χ2v) is 10.5. The van der Waals surface area contributed by atoms with Crippen LogP contribution in [0.2, 0.25) is 0 Å². The summed E-state index contributed by atoms with van der Waals surface area (Å²) in [6, 6.07) is 23.6. The molecule has 1 N–H and O–H groups in total. The zero-order valence-corrected chi connectivity index (χ0v) is 19.0. The van der Waals surface area contributed by atoms with E-state index in [1.807, 2.05) is 24.3 Å². The number of carbonyl (C=O) groups excluding carboxylic acids is 1. The lowest BCUT2D eigenvalue weighted by Crippen LogP contribution is -2.27. The van der Waals surface area contributed by atoms with Gasteiger partial charge in [0.05, 0.1) is 10.6 Å². The average Bonchev–Trinajstić information content (AvgIpc) is 3.16. The highest BCUT2D eigenvalue weighted by molar-refractivity contribution is 8.00. The summed E-state index contributed by atoms with van der Waals surface area (Å²) >= 11 is 1.54. The maximum Gasteiger partial charge on any atom is 0.261 e. The summed E-state index contributed by atoms with van der Waals surface area (Å²) in [5.41, 5.74) is 3.41. The molecule has 3 aromatic rings. The normalized spacial score (nSPS) is 16.7. The van der Waals surface area contributed by atoms with Crippen molar-refractivity contribution >= 4 is 39.1 Å². The summed E-state index contributed by atoms with van der Waals surface area (Å²) in [5, 5.41) is -0.210. The van der Waals surface area contributed by atoms with Crippen molar-refractivity contribution in [3.63, 3.8) is 0 Å². The van der Waals surface area contributed by atoms with Crippen molar-refractivity contribution in [1.82, 2.24) is 0 Å². The number of hydrogen-bond acceptors (Lipinski definition) is 4. The molecule has 4 rings (SSSR count). The highest BCUT2D eigenvalue weighted by Gasteiger charge is 2.34. The lowest BCUT2D eigenvalue weighted by atomic mass is 10.0. The minimum Gasteiger partial charge on any atom is -0.295 e. The molecular weight excluding hydrogens is 428 g/mol. The van der Waals surface area contributed by atoms with Crippen molar-refractivity contribution in [2.75, 3.05) is 15.4 Å². The van der Waals surface area contributed by atoms with Crippen LogP contribution < -0.4 is 9.62 Å². The number of amides is 1. The van der Waals surface area contributed by atoms with Crippen LogP contribution in [0.1, 0.15) is 36.3 Å². The van der Waals surface area contributed by atoms with Crippen LogP contribution >= 0.6 is 11.8 Å². The van der Waals surface area contributed by atoms with Gasteiger partial charge in [-0.05, 0) is 53.4 Å². The first-order valence-corrected chi connectivity index (χ1v) is 12.6. The van der Waals surface area contributed by atoms with E-state index in [4.69, 9.17) is 0 Å². The minimum atomic E-state index is -3.68. The Morgan fingerprint density at radius 3 is 2.35 bits per heavy atom. The summed E-state index contributed by atoms with van der Waals surface area (Å²) in [6.07, 6.45) is 0. The lowest BCUT2D eigenvalue weighted by molar-refractivity contribution is -0.115. The Morgan fingerprint density at radius 1 is 0.968 bits per heavy atom. The van der Waals surface area contributed by atoms with E-state index in [9.17, 15) is 13.2 Å². The number of nitrogens with zero attached hydrogens (tertiary/aromatic N) is 1. The first kappa shape index (κ1) is 21.5. The molecule has 0 bridgehead atoms. The van der Waals surface area contributed by atoms with Gasteiger partial charge in [-0.2, -0.15) is 0 Å². The molecule has 3 aromatic carbocycles. The van der Waals surface area contributed by atoms with Gasteiger partial charge in [0.25, 0.3) is 10.0 Å². The van der Waals surface area contributed by atoms with Crippen LogP contribution in [-0.4, -0.2) is 20.1 Å². The van der Waals surface area contributed by atoms with Crippen molar-refractivity contribution < 1.29 is 13.2 Å². The fourth-order valence-corrected chi connectivity index (χ4v) is 5.78. The van der Waals surface area contributed by atoms with Gasteiger partial charge in [0.15, 0.2) is 0 Å². The van der Waals surface area contributed by atoms with E-state index < -0.39 is 10.0 Å². The number of hydrogen-bond donors (Lipinski definition) is 1. The fourth-order valence-electron chi connectivity index (χ4n) is 3.54. The predicted molar refractivity (Wildman–Crippen MR) is 127 cm³/mol. The van der Waals surface area contributed by atoms with Gasteiger partial charge in [-0.15, -0.1) is 11.8 Å². The molecule has 0 radical (unpaired) electrons. The number of anilines is 2. The molecule has 5 nitrogen and oxygen atoms in total. The van der Waals surface area contributed by atoms with E-state index in [1.165, 1.54) is 17.3 Å². The van der Waals surface area contributed by atoms with E-state index in [1.54, 1.807) is 47.4 Å². The van der Waals surface area contributed by atoms with Gasteiger partial charge in [0.1, 0.15) is 5.37 Å². The largest absolute Gasteiger partial charge is 0.295 e. The number of benzene rings is 3. The standard InChI is InChI=1S/C24H24N2O3S2/c1-17(2)18-11-13-21(14-12-18)26-23(27)16-30-24(26)19-7-6-8-20(15-19)25-31(28,29)22-9-4-3-5-10-22/h3-15,17,24-25H,16H2,1-2H3/t24-/m1/s1. The van der Waals surface area contributed by atoms with E-state index in [0.717, 1.165) is 11.3 Å². The van der Waals surface area contributed by atoms with Crippen LogP contribution in [0.5, 0.6) is 0 Å².